The molecule has 0 aromatic heterocycles. The Balaban J connectivity index is -0.000000139. The predicted molar refractivity (Wildman–Crippen MR) is 291 cm³/mol. The van der Waals surface area contributed by atoms with Crippen LogP contribution in [-0.2, 0) is 69.4 Å². The van der Waals surface area contributed by atoms with Crippen molar-refractivity contribution in [2.75, 3.05) is 114 Å². The summed E-state index contributed by atoms with van der Waals surface area (Å²) in [6.07, 6.45) is 1.63. The Morgan fingerprint density at radius 2 is 0.806 bits per heavy atom. The minimum absolute atomic E-state index is 0.191. The molecule has 72 heavy (non-hydrogen) atoms. The third kappa shape index (κ3) is 61.6. The Morgan fingerprint density at radius 1 is 0.528 bits per heavy atom. The smallest absolute Gasteiger partial charge is 0.340 e. The highest BCUT2D eigenvalue weighted by Gasteiger charge is 2.29. The zero-order chi connectivity index (χ0) is 57.9. The van der Waals surface area contributed by atoms with E-state index in [1.807, 2.05) is 0 Å². The maximum Gasteiger partial charge on any atom is 0.340 e. The van der Waals surface area contributed by atoms with Crippen LogP contribution in [0.15, 0.2) is 61.9 Å². The summed E-state index contributed by atoms with van der Waals surface area (Å²) in [5.74, 6) is -2.99. The van der Waals surface area contributed by atoms with Crippen molar-refractivity contribution >= 4 is 68.0 Å². The quantitative estimate of drug-likeness (QED) is 0.00753. The lowest BCUT2D eigenvalue weighted by Gasteiger charge is -2.22. The number of thiol groups is 1. The standard InChI is InChI=1S/C9H16O5S.3C7H18O3Si.2C6H8O3.C3H8O2S/c1-6(9(13)14-7(2)11)4-15-5-8(12)3-10;3*1-8-6-5-7-11(4,9-2)10-3;2*1-4(2)6(8)9-5(3)7;4-1-3(5)2-6/h6,8,10-12H,2-5H2,1H3;3*5-7H2,1-4H3;2*7H,1,3H2,2H3;3-6H,1-2H2. The van der Waals surface area contributed by atoms with E-state index in [0.29, 0.717) is 17.3 Å². The van der Waals surface area contributed by atoms with Crippen LogP contribution < -0.4 is 0 Å². The third-order valence-corrected chi connectivity index (χ3v) is 19.3. The monoisotopic (exact) mass is 1130 g/mol. The van der Waals surface area contributed by atoms with Crippen molar-refractivity contribution in [2.45, 2.75) is 90.0 Å². The fourth-order valence-electron chi connectivity index (χ4n) is 3.64. The van der Waals surface area contributed by atoms with E-state index in [1.165, 1.54) is 25.6 Å². The van der Waals surface area contributed by atoms with Gasteiger partial charge in [0.05, 0.1) is 31.3 Å². The summed E-state index contributed by atoms with van der Waals surface area (Å²) in [7, 11) is 9.94. The molecule has 0 saturated heterocycles. The molecule has 27 heteroatoms. The summed E-state index contributed by atoms with van der Waals surface area (Å²) in [5.41, 5.74) is 0.454. The van der Waals surface area contributed by atoms with Crippen LogP contribution in [0.2, 0.25) is 37.8 Å². The molecule has 0 radical (unpaired) electrons. The maximum atomic E-state index is 11.1. The van der Waals surface area contributed by atoms with Crippen molar-refractivity contribution < 1.29 is 105 Å². The van der Waals surface area contributed by atoms with Gasteiger partial charge < -0.3 is 90.7 Å². The van der Waals surface area contributed by atoms with Crippen LogP contribution in [0, 0.1) is 5.92 Å². The number of hydrogen-bond acceptors (Lipinski definition) is 24. The van der Waals surface area contributed by atoms with E-state index in [-0.39, 0.29) is 24.4 Å². The van der Waals surface area contributed by atoms with Gasteiger partial charge in [-0.2, -0.15) is 24.4 Å². The van der Waals surface area contributed by atoms with Crippen LogP contribution >= 0.6 is 24.4 Å². The van der Waals surface area contributed by atoms with Crippen molar-refractivity contribution in [1.82, 2.24) is 0 Å². The average molecular weight is 1140 g/mol. The minimum atomic E-state index is -1.81. The Morgan fingerprint density at radius 3 is 0.972 bits per heavy atom. The number of thioether (sulfide) groups is 1. The van der Waals surface area contributed by atoms with Crippen molar-refractivity contribution in [3.05, 3.63) is 61.9 Å². The van der Waals surface area contributed by atoms with Crippen LogP contribution in [0.5, 0.6) is 0 Å². The van der Waals surface area contributed by atoms with Gasteiger partial charge in [-0.1, -0.05) is 20.1 Å². The molecule has 0 aliphatic rings. The van der Waals surface area contributed by atoms with E-state index < -0.39 is 79.6 Å². The molecule has 0 aliphatic heterocycles. The number of esters is 3. The molecular weight excluding hydrogens is 1040 g/mol. The lowest BCUT2D eigenvalue weighted by atomic mass is 10.2. The predicted octanol–water partition coefficient (Wildman–Crippen LogP) is 5.98. The molecule has 0 fully saturated rings. The van der Waals surface area contributed by atoms with Crippen molar-refractivity contribution in [3.8, 4) is 0 Å². The van der Waals surface area contributed by atoms with Crippen molar-refractivity contribution in [3.63, 3.8) is 0 Å². The highest BCUT2D eigenvalue weighted by Crippen LogP contribution is 2.15. The Hall–Kier alpha value is -2.66. The maximum absolute atomic E-state index is 11.1. The van der Waals surface area contributed by atoms with Gasteiger partial charge in [-0.25, -0.2) is 9.59 Å². The molecule has 0 amide bonds. The molecular formula is C45H94O22S2Si3. The van der Waals surface area contributed by atoms with E-state index in [0.717, 1.165) is 57.2 Å². The first-order chi connectivity index (χ1) is 33.4. The number of hydrogen-bond donors (Lipinski definition) is 8. The Kier molecular flexibility index (Phi) is 63.2. The van der Waals surface area contributed by atoms with Crippen LogP contribution in [0.3, 0.4) is 0 Å². The second-order valence-electron chi connectivity index (χ2n) is 15.2. The molecule has 0 heterocycles. The third-order valence-electron chi connectivity index (χ3n) is 8.58. The first-order valence-corrected chi connectivity index (χ1v) is 31.4. The number of aliphatic hydroxyl groups is 7. The van der Waals surface area contributed by atoms with Gasteiger partial charge in [0.15, 0.2) is 0 Å². The molecule has 0 aliphatic carbocycles. The topological polar surface area (TPSA) is 304 Å². The van der Waals surface area contributed by atoms with E-state index in [1.54, 1.807) is 70.9 Å². The highest BCUT2D eigenvalue weighted by atomic mass is 32.2. The van der Waals surface area contributed by atoms with Gasteiger partial charge in [0.1, 0.15) is 0 Å². The number of aliphatic hydroxyl groups excluding tert-OH is 7. The summed E-state index contributed by atoms with van der Waals surface area (Å²) in [5, 5.41) is 59.1. The molecule has 22 nitrogen and oxygen atoms in total. The molecule has 3 atom stereocenters. The van der Waals surface area contributed by atoms with Gasteiger partial charge >= 0.3 is 43.6 Å². The Bertz CT molecular complexity index is 1300. The van der Waals surface area contributed by atoms with Gasteiger partial charge in [-0.15, -0.1) is 0 Å². The summed E-state index contributed by atoms with van der Waals surface area (Å²) in [6, 6.07) is 2.98. The van der Waals surface area contributed by atoms with E-state index in [9.17, 15) is 14.4 Å². The van der Waals surface area contributed by atoms with Gasteiger partial charge in [-0.3, -0.25) is 4.79 Å². The summed E-state index contributed by atoms with van der Waals surface area (Å²) in [6.45, 7) is 28.1. The summed E-state index contributed by atoms with van der Waals surface area (Å²) in [4.78, 5) is 32.0. The second-order valence-corrected chi connectivity index (χ2v) is 27.3. The van der Waals surface area contributed by atoms with E-state index in [4.69, 9.17) is 76.5 Å². The van der Waals surface area contributed by atoms with Crippen LogP contribution in [-0.4, -0.2) is 206 Å². The van der Waals surface area contributed by atoms with Gasteiger partial charge in [0.2, 0.25) is 0 Å². The molecule has 430 valence electrons. The average Bonchev–Trinajstić information content (AvgIpc) is 3.34. The van der Waals surface area contributed by atoms with Crippen molar-refractivity contribution in [1.29, 1.82) is 0 Å². The first-order valence-electron chi connectivity index (χ1n) is 22.1. The second kappa shape index (κ2) is 54.6. The lowest BCUT2D eigenvalue weighted by Crippen LogP contribution is -2.36. The van der Waals surface area contributed by atoms with Gasteiger partial charge in [0, 0.05) is 112 Å². The SMILES string of the molecule is C=C(O)OC(=O)C(=C)C.C=C(O)OC(=O)C(=C)C.C=C(O)OC(=O)C(C)CSCC(O)CO.COCCC[Si](C)(OC)OC.COCCC[Si](C)(OC)OC.COCCC[Si](C)(OC)OC.OCC(O)CS. The Labute approximate surface area is 443 Å². The van der Waals surface area contributed by atoms with Crippen LogP contribution in [0.4, 0.5) is 0 Å². The molecule has 7 N–H and O–H groups in total. The lowest BCUT2D eigenvalue weighted by molar-refractivity contribution is -0.146. The highest BCUT2D eigenvalue weighted by molar-refractivity contribution is 7.99. The van der Waals surface area contributed by atoms with Gasteiger partial charge in [0.25, 0.3) is 17.8 Å². The number of carbonyl (C=O) groups excluding carboxylic acids is 3. The molecule has 0 rings (SSSR count). The molecule has 0 bridgehead atoms. The number of rotatable bonds is 31. The zero-order valence-corrected chi connectivity index (χ0v) is 50.5. The minimum Gasteiger partial charge on any atom is -0.481 e. The number of ether oxygens (including phenoxy) is 6. The summed E-state index contributed by atoms with van der Waals surface area (Å²) >= 11 is 5.01. The van der Waals surface area contributed by atoms with Crippen molar-refractivity contribution in [2.24, 2.45) is 5.92 Å². The normalized spacial score (nSPS) is 11.7. The number of methoxy groups -OCH3 is 3. The fraction of sp³-hybridized carbons (Fsp3) is 0.711. The molecule has 0 saturated carbocycles. The molecule has 3 unspecified atom stereocenters. The summed E-state index contributed by atoms with van der Waals surface area (Å²) < 4.78 is 59.2. The van der Waals surface area contributed by atoms with Crippen LogP contribution in [0.25, 0.3) is 0 Å². The van der Waals surface area contributed by atoms with E-state index in [2.05, 4.69) is 79.4 Å². The molecule has 0 aromatic carbocycles. The van der Waals surface area contributed by atoms with Crippen LogP contribution in [0.1, 0.15) is 40.0 Å². The number of carbonyl (C=O) groups is 3. The molecule has 0 aromatic rings. The largest absolute Gasteiger partial charge is 0.481 e. The fourth-order valence-corrected chi connectivity index (χ4v) is 8.84. The van der Waals surface area contributed by atoms with E-state index >= 15 is 0 Å². The first kappa shape index (κ1) is 83.3. The van der Waals surface area contributed by atoms with Gasteiger partial charge in [-0.05, 0) is 90.6 Å². The molecule has 0 spiro atoms. The zero-order valence-electron chi connectivity index (χ0n) is 45.8.